The molecule has 3 N–H and O–H groups in total. The van der Waals surface area contributed by atoms with Gasteiger partial charge in [-0.3, -0.25) is 0 Å². The van der Waals surface area contributed by atoms with Crippen LogP contribution >= 0.6 is 0 Å². The molecular formula is C21H28N2O5S. The first-order chi connectivity index (χ1) is 13.8. The van der Waals surface area contributed by atoms with Crippen molar-refractivity contribution in [2.45, 2.75) is 37.3 Å². The van der Waals surface area contributed by atoms with E-state index in [1.165, 1.54) is 16.4 Å². The molecule has 0 saturated heterocycles. The number of fused-ring (bicyclic) bond motifs is 1. The van der Waals surface area contributed by atoms with Crippen LogP contribution in [0.4, 0.5) is 0 Å². The van der Waals surface area contributed by atoms with E-state index in [1.807, 2.05) is 44.2 Å². The van der Waals surface area contributed by atoms with Gasteiger partial charge >= 0.3 is 0 Å². The molecule has 29 heavy (non-hydrogen) atoms. The van der Waals surface area contributed by atoms with Gasteiger partial charge < -0.3 is 20.3 Å². The molecule has 1 aliphatic rings. The van der Waals surface area contributed by atoms with Crippen LogP contribution in [0.2, 0.25) is 0 Å². The summed E-state index contributed by atoms with van der Waals surface area (Å²) < 4.78 is 39.2. The van der Waals surface area contributed by atoms with Gasteiger partial charge in [-0.2, -0.15) is 4.31 Å². The van der Waals surface area contributed by atoms with Crippen LogP contribution in [0.5, 0.6) is 11.5 Å². The lowest BCUT2D eigenvalue weighted by Gasteiger charge is -2.35. The highest BCUT2D eigenvalue weighted by molar-refractivity contribution is 7.89. The Hall–Kier alpha value is -2.13. The van der Waals surface area contributed by atoms with Crippen LogP contribution in [-0.4, -0.2) is 49.9 Å². The Balaban J connectivity index is 2.01. The van der Waals surface area contributed by atoms with Crippen molar-refractivity contribution < 1.29 is 23.0 Å². The zero-order valence-corrected chi connectivity index (χ0v) is 17.5. The van der Waals surface area contributed by atoms with Crippen LogP contribution in [0, 0.1) is 5.92 Å². The van der Waals surface area contributed by atoms with Crippen molar-refractivity contribution in [1.29, 1.82) is 0 Å². The van der Waals surface area contributed by atoms with E-state index in [9.17, 15) is 13.5 Å². The molecule has 0 saturated carbocycles. The van der Waals surface area contributed by atoms with E-state index in [2.05, 4.69) is 0 Å². The van der Waals surface area contributed by atoms with Crippen LogP contribution in [0.3, 0.4) is 0 Å². The quantitative estimate of drug-likeness (QED) is 0.643. The van der Waals surface area contributed by atoms with E-state index in [4.69, 9.17) is 15.2 Å². The first-order valence-electron chi connectivity index (χ1n) is 9.66. The third-order valence-corrected chi connectivity index (χ3v) is 6.73. The van der Waals surface area contributed by atoms with E-state index >= 15 is 0 Å². The average Bonchev–Trinajstić information content (AvgIpc) is 3.18. The topological polar surface area (TPSA) is 102 Å². The van der Waals surface area contributed by atoms with E-state index < -0.39 is 22.2 Å². The normalized spacial score (nSPS) is 15.7. The second-order valence-corrected chi connectivity index (χ2v) is 9.43. The van der Waals surface area contributed by atoms with Crippen LogP contribution in [0.15, 0.2) is 53.4 Å². The number of nitrogens with two attached hydrogens (primary N) is 1. The molecule has 2 aromatic rings. The number of hydrogen-bond acceptors (Lipinski definition) is 6. The number of ether oxygens (including phenoxy) is 2. The molecule has 0 aromatic heterocycles. The van der Waals surface area contributed by atoms with E-state index in [1.54, 1.807) is 6.07 Å². The van der Waals surface area contributed by atoms with E-state index in [0.717, 1.165) is 5.56 Å². The molecule has 158 valence electrons. The highest BCUT2D eigenvalue weighted by Crippen LogP contribution is 2.35. The first kappa shape index (κ1) is 21.6. The van der Waals surface area contributed by atoms with Gasteiger partial charge in [-0.1, -0.05) is 44.2 Å². The molecule has 2 aromatic carbocycles. The summed E-state index contributed by atoms with van der Waals surface area (Å²) in [7, 11) is -3.91. The molecule has 3 rings (SSSR count). The van der Waals surface area contributed by atoms with Crippen LogP contribution in [0.25, 0.3) is 0 Å². The third kappa shape index (κ3) is 4.90. The fraction of sp³-hybridized carbons (Fsp3) is 0.429. The van der Waals surface area contributed by atoms with Gasteiger partial charge in [-0.15, -0.1) is 0 Å². The largest absolute Gasteiger partial charge is 0.454 e. The fourth-order valence-electron chi connectivity index (χ4n) is 3.39. The molecule has 7 nitrogen and oxygen atoms in total. The lowest BCUT2D eigenvalue weighted by Crippen LogP contribution is -2.51. The Morgan fingerprint density at radius 2 is 1.79 bits per heavy atom. The maximum atomic E-state index is 13.6. The second kappa shape index (κ2) is 9.13. The Morgan fingerprint density at radius 3 is 2.45 bits per heavy atom. The fourth-order valence-corrected chi connectivity index (χ4v) is 5.22. The Labute approximate surface area is 172 Å². The summed E-state index contributed by atoms with van der Waals surface area (Å²) in [6, 6.07) is 13.4. The summed E-state index contributed by atoms with van der Waals surface area (Å²) in [5.41, 5.74) is 6.67. The molecule has 0 bridgehead atoms. The summed E-state index contributed by atoms with van der Waals surface area (Å²) in [6.45, 7) is 4.16. The minimum absolute atomic E-state index is 0.0389. The van der Waals surface area contributed by atoms with Gasteiger partial charge in [0.1, 0.15) is 0 Å². The van der Waals surface area contributed by atoms with Crippen molar-refractivity contribution in [2.75, 3.05) is 19.9 Å². The minimum Gasteiger partial charge on any atom is -0.454 e. The van der Waals surface area contributed by atoms with Crippen molar-refractivity contribution in [1.82, 2.24) is 4.31 Å². The van der Waals surface area contributed by atoms with Gasteiger partial charge in [-0.25, -0.2) is 8.42 Å². The molecule has 8 heteroatoms. The molecule has 2 atom stereocenters. The van der Waals surface area contributed by atoms with Gasteiger partial charge in [-0.05, 0) is 30.0 Å². The van der Waals surface area contributed by atoms with Gasteiger partial charge in [0.05, 0.1) is 17.0 Å². The summed E-state index contributed by atoms with van der Waals surface area (Å²) in [4.78, 5) is 0.102. The monoisotopic (exact) mass is 420 g/mol. The summed E-state index contributed by atoms with van der Waals surface area (Å²) in [5.74, 6) is 0.971. The molecule has 0 amide bonds. The van der Waals surface area contributed by atoms with Crippen molar-refractivity contribution in [3.8, 4) is 11.5 Å². The number of aliphatic hydroxyl groups is 1. The third-order valence-electron chi connectivity index (χ3n) is 4.84. The van der Waals surface area contributed by atoms with Gasteiger partial charge in [0.2, 0.25) is 16.8 Å². The van der Waals surface area contributed by atoms with Gasteiger partial charge in [0.25, 0.3) is 0 Å². The first-order valence-corrected chi connectivity index (χ1v) is 11.1. The molecule has 0 spiro atoms. The SMILES string of the molecule is CC(C)CN(C(Cc1ccccc1)C(O)CN)S(=O)(=O)c1ccc2c(c1)OCO2. The number of nitrogens with zero attached hydrogens (tertiary/aromatic N) is 1. The smallest absolute Gasteiger partial charge is 0.243 e. The number of benzene rings is 2. The summed E-state index contributed by atoms with van der Waals surface area (Å²) in [5, 5.41) is 10.7. The maximum absolute atomic E-state index is 13.6. The molecule has 2 unspecified atom stereocenters. The zero-order valence-electron chi connectivity index (χ0n) is 16.7. The highest BCUT2D eigenvalue weighted by atomic mass is 32.2. The van der Waals surface area contributed by atoms with Crippen LogP contribution < -0.4 is 15.2 Å². The zero-order chi connectivity index (χ0) is 21.0. The van der Waals surface area contributed by atoms with E-state index in [-0.39, 0.29) is 30.7 Å². The predicted octanol–water partition coefficient (Wildman–Crippen LogP) is 1.99. The Kier molecular flexibility index (Phi) is 6.79. The molecule has 0 radical (unpaired) electrons. The highest BCUT2D eigenvalue weighted by Gasteiger charge is 2.36. The van der Waals surface area contributed by atoms with E-state index in [0.29, 0.717) is 17.9 Å². The van der Waals surface area contributed by atoms with Crippen molar-refractivity contribution in [3.63, 3.8) is 0 Å². The molecule has 1 aliphatic heterocycles. The predicted molar refractivity (Wildman–Crippen MR) is 110 cm³/mol. The van der Waals surface area contributed by atoms with Gasteiger partial charge in [0, 0.05) is 19.2 Å². The molecule has 0 fully saturated rings. The molecule has 0 aliphatic carbocycles. The van der Waals surface area contributed by atoms with Crippen LogP contribution in [-0.2, 0) is 16.4 Å². The van der Waals surface area contributed by atoms with Crippen molar-refractivity contribution in [3.05, 3.63) is 54.1 Å². The molecular weight excluding hydrogens is 392 g/mol. The second-order valence-electron chi connectivity index (χ2n) is 7.54. The summed E-state index contributed by atoms with van der Waals surface area (Å²) in [6.07, 6.45) is -0.645. The maximum Gasteiger partial charge on any atom is 0.243 e. The molecule has 1 heterocycles. The van der Waals surface area contributed by atoms with Crippen molar-refractivity contribution >= 4 is 10.0 Å². The Morgan fingerprint density at radius 1 is 1.10 bits per heavy atom. The number of aliphatic hydroxyl groups excluding tert-OH is 1. The van der Waals surface area contributed by atoms with Crippen molar-refractivity contribution in [2.24, 2.45) is 11.7 Å². The number of rotatable bonds is 9. The van der Waals surface area contributed by atoms with Crippen LogP contribution in [0.1, 0.15) is 19.4 Å². The lowest BCUT2D eigenvalue weighted by atomic mass is 10.0. The summed E-state index contributed by atoms with van der Waals surface area (Å²) >= 11 is 0. The lowest BCUT2D eigenvalue weighted by molar-refractivity contribution is 0.0911. The number of hydrogen-bond donors (Lipinski definition) is 2. The van der Waals surface area contributed by atoms with Gasteiger partial charge in [0.15, 0.2) is 11.5 Å². The minimum atomic E-state index is -3.91. The average molecular weight is 421 g/mol. The Bertz CT molecular complexity index is 918. The number of sulfonamides is 1. The standard InChI is InChI=1S/C21H28N2O5S/c1-15(2)13-23(18(19(24)12-22)10-16-6-4-3-5-7-16)29(25,26)17-8-9-20-21(11-17)28-14-27-20/h3-9,11,15,18-19,24H,10,12-14,22H2,1-2H3.